The second-order valence-corrected chi connectivity index (χ2v) is 5.23. The van der Waals surface area contributed by atoms with Crippen LogP contribution in [0.15, 0.2) is 18.3 Å². The molecule has 3 rings (SSSR count). The van der Waals surface area contributed by atoms with Gasteiger partial charge in [0.05, 0.1) is 11.9 Å². The molecule has 2 aliphatic heterocycles. The molecular formula is C13H18FN3. The zero-order valence-electron chi connectivity index (χ0n) is 10.1. The molecule has 0 aliphatic carbocycles. The first-order chi connectivity index (χ1) is 8.22. The molecule has 0 aromatic carbocycles. The van der Waals surface area contributed by atoms with Crippen LogP contribution in [0.4, 0.5) is 10.1 Å². The minimum Gasteiger partial charge on any atom is -0.381 e. The summed E-state index contributed by atoms with van der Waals surface area (Å²) in [5, 5.41) is 3.47. The van der Waals surface area contributed by atoms with E-state index < -0.39 is 5.95 Å². The van der Waals surface area contributed by atoms with Gasteiger partial charge in [-0.3, -0.25) is 0 Å². The Morgan fingerprint density at radius 3 is 2.59 bits per heavy atom. The molecule has 0 amide bonds. The van der Waals surface area contributed by atoms with Crippen molar-refractivity contribution in [3.63, 3.8) is 0 Å². The normalized spacial score (nSPS) is 32.7. The van der Waals surface area contributed by atoms with Crippen molar-refractivity contribution in [2.45, 2.75) is 43.8 Å². The molecule has 17 heavy (non-hydrogen) atoms. The summed E-state index contributed by atoms with van der Waals surface area (Å²) < 4.78 is 12.7. The number of hydrogen-bond acceptors (Lipinski definition) is 3. The van der Waals surface area contributed by atoms with Crippen LogP contribution in [0.1, 0.15) is 25.7 Å². The van der Waals surface area contributed by atoms with Gasteiger partial charge in [0, 0.05) is 18.1 Å². The molecule has 2 aliphatic rings. The Bertz CT molecular complexity index is 378. The maximum Gasteiger partial charge on any atom is 0.212 e. The SMILES string of the molecule is CN1C2CCC1CC(Nc1ccc(F)nc1)C2. The highest BCUT2D eigenvalue weighted by Crippen LogP contribution is 2.35. The van der Waals surface area contributed by atoms with Gasteiger partial charge in [0.2, 0.25) is 5.95 Å². The number of nitrogens with zero attached hydrogens (tertiary/aromatic N) is 2. The smallest absolute Gasteiger partial charge is 0.212 e. The maximum atomic E-state index is 12.7. The quantitative estimate of drug-likeness (QED) is 0.797. The molecule has 0 radical (unpaired) electrons. The highest BCUT2D eigenvalue weighted by atomic mass is 19.1. The molecule has 1 aromatic heterocycles. The third kappa shape index (κ3) is 2.14. The molecule has 2 bridgehead atoms. The standard InChI is InChI=1S/C13H18FN3/c1-17-11-3-4-12(17)7-10(6-11)16-9-2-5-13(14)15-8-9/h2,5,8,10-12,16H,3-4,6-7H2,1H3. The van der Waals surface area contributed by atoms with E-state index in [2.05, 4.69) is 22.2 Å². The molecule has 3 nitrogen and oxygen atoms in total. The Morgan fingerprint density at radius 2 is 2.00 bits per heavy atom. The average Bonchev–Trinajstić information content (AvgIpc) is 2.55. The Kier molecular flexibility index (Phi) is 2.74. The van der Waals surface area contributed by atoms with Gasteiger partial charge < -0.3 is 10.2 Å². The van der Waals surface area contributed by atoms with E-state index in [1.54, 1.807) is 12.3 Å². The topological polar surface area (TPSA) is 28.2 Å². The highest BCUT2D eigenvalue weighted by molar-refractivity contribution is 5.41. The fourth-order valence-corrected chi connectivity index (χ4v) is 3.23. The van der Waals surface area contributed by atoms with Crippen LogP contribution in [0.2, 0.25) is 0 Å². The van der Waals surface area contributed by atoms with Crippen LogP contribution >= 0.6 is 0 Å². The number of fused-ring (bicyclic) bond motifs is 2. The van der Waals surface area contributed by atoms with Gasteiger partial charge in [-0.15, -0.1) is 0 Å². The second kappa shape index (κ2) is 4.26. The van der Waals surface area contributed by atoms with Gasteiger partial charge in [-0.05, 0) is 44.9 Å². The third-order valence-corrected chi connectivity index (χ3v) is 4.20. The van der Waals surface area contributed by atoms with E-state index in [0.717, 1.165) is 17.8 Å². The summed E-state index contributed by atoms with van der Waals surface area (Å²) >= 11 is 0. The molecule has 3 heterocycles. The zero-order valence-corrected chi connectivity index (χ0v) is 10.1. The number of rotatable bonds is 2. The van der Waals surface area contributed by atoms with Crippen LogP contribution in [0, 0.1) is 5.95 Å². The number of nitrogens with one attached hydrogen (secondary N) is 1. The van der Waals surface area contributed by atoms with Crippen molar-refractivity contribution in [2.24, 2.45) is 0 Å². The van der Waals surface area contributed by atoms with Crippen LogP contribution in [0.3, 0.4) is 0 Å². The van der Waals surface area contributed by atoms with Crippen molar-refractivity contribution in [1.82, 2.24) is 9.88 Å². The number of aromatic nitrogens is 1. The molecule has 92 valence electrons. The monoisotopic (exact) mass is 235 g/mol. The number of pyridine rings is 1. The molecule has 0 saturated carbocycles. The molecule has 2 fully saturated rings. The lowest BCUT2D eigenvalue weighted by Gasteiger charge is -2.37. The van der Waals surface area contributed by atoms with Crippen LogP contribution in [0.5, 0.6) is 0 Å². The van der Waals surface area contributed by atoms with Gasteiger partial charge in [-0.1, -0.05) is 0 Å². The zero-order chi connectivity index (χ0) is 11.8. The largest absolute Gasteiger partial charge is 0.381 e. The minimum absolute atomic E-state index is 0.418. The van der Waals surface area contributed by atoms with E-state index in [-0.39, 0.29) is 0 Å². The highest BCUT2D eigenvalue weighted by Gasteiger charge is 2.38. The van der Waals surface area contributed by atoms with Crippen molar-refractivity contribution in [1.29, 1.82) is 0 Å². The van der Waals surface area contributed by atoms with Gasteiger partial charge in [0.1, 0.15) is 0 Å². The molecule has 2 unspecified atom stereocenters. The number of anilines is 1. The van der Waals surface area contributed by atoms with Crippen molar-refractivity contribution in [2.75, 3.05) is 12.4 Å². The van der Waals surface area contributed by atoms with Crippen molar-refractivity contribution in [3.05, 3.63) is 24.3 Å². The number of piperidine rings is 1. The van der Waals surface area contributed by atoms with Crippen LogP contribution in [0.25, 0.3) is 0 Å². The lowest BCUT2D eigenvalue weighted by molar-refractivity contribution is 0.169. The van der Waals surface area contributed by atoms with Gasteiger partial charge in [-0.25, -0.2) is 4.98 Å². The van der Waals surface area contributed by atoms with E-state index in [1.807, 2.05) is 0 Å². The second-order valence-electron chi connectivity index (χ2n) is 5.23. The van der Waals surface area contributed by atoms with Crippen LogP contribution in [-0.4, -0.2) is 35.1 Å². The van der Waals surface area contributed by atoms with Crippen molar-refractivity contribution >= 4 is 5.69 Å². The van der Waals surface area contributed by atoms with E-state index >= 15 is 0 Å². The Labute approximate surface area is 101 Å². The fourth-order valence-electron chi connectivity index (χ4n) is 3.23. The van der Waals surface area contributed by atoms with Crippen molar-refractivity contribution in [3.8, 4) is 0 Å². The average molecular weight is 235 g/mol. The summed E-state index contributed by atoms with van der Waals surface area (Å²) in [5.41, 5.74) is 0.931. The summed E-state index contributed by atoms with van der Waals surface area (Å²) in [6.45, 7) is 0. The molecular weight excluding hydrogens is 217 g/mol. The van der Waals surface area contributed by atoms with Gasteiger partial charge in [0.15, 0.2) is 0 Å². The number of halogens is 1. The van der Waals surface area contributed by atoms with Gasteiger partial charge in [0.25, 0.3) is 0 Å². The lowest BCUT2D eigenvalue weighted by atomic mass is 9.98. The van der Waals surface area contributed by atoms with E-state index in [1.165, 1.54) is 31.7 Å². The fraction of sp³-hybridized carbons (Fsp3) is 0.615. The van der Waals surface area contributed by atoms with Gasteiger partial charge in [-0.2, -0.15) is 4.39 Å². The van der Waals surface area contributed by atoms with Gasteiger partial charge >= 0.3 is 0 Å². The van der Waals surface area contributed by atoms with Crippen molar-refractivity contribution < 1.29 is 4.39 Å². The summed E-state index contributed by atoms with van der Waals surface area (Å²) in [6.07, 6.45) is 6.59. The first kappa shape index (κ1) is 11.0. The predicted octanol–water partition coefficient (Wildman–Crippen LogP) is 2.26. The van der Waals surface area contributed by atoms with E-state index in [0.29, 0.717) is 6.04 Å². The summed E-state index contributed by atoms with van der Waals surface area (Å²) in [4.78, 5) is 6.19. The first-order valence-corrected chi connectivity index (χ1v) is 6.32. The Morgan fingerprint density at radius 1 is 1.29 bits per heavy atom. The lowest BCUT2D eigenvalue weighted by Crippen LogP contribution is -2.44. The summed E-state index contributed by atoms with van der Waals surface area (Å²) in [7, 11) is 2.23. The maximum absolute atomic E-state index is 12.7. The molecule has 4 heteroatoms. The Balaban J connectivity index is 1.65. The van der Waals surface area contributed by atoms with Crippen LogP contribution in [-0.2, 0) is 0 Å². The molecule has 2 atom stereocenters. The summed E-state index contributed by atoms with van der Waals surface area (Å²) in [5.74, 6) is -0.418. The summed E-state index contributed by atoms with van der Waals surface area (Å²) in [6, 6.07) is 5.13. The Hall–Kier alpha value is -1.16. The first-order valence-electron chi connectivity index (χ1n) is 6.32. The predicted molar refractivity (Wildman–Crippen MR) is 65.4 cm³/mol. The molecule has 2 saturated heterocycles. The molecule has 0 spiro atoms. The molecule has 1 aromatic rings. The van der Waals surface area contributed by atoms with E-state index in [4.69, 9.17) is 0 Å². The minimum atomic E-state index is -0.418. The third-order valence-electron chi connectivity index (χ3n) is 4.20. The molecule has 1 N–H and O–H groups in total. The number of hydrogen-bond donors (Lipinski definition) is 1. The van der Waals surface area contributed by atoms with Crippen LogP contribution < -0.4 is 5.32 Å². The van der Waals surface area contributed by atoms with E-state index in [9.17, 15) is 4.39 Å².